The summed E-state index contributed by atoms with van der Waals surface area (Å²) in [4.78, 5) is 11.4. The topological polar surface area (TPSA) is 57.9 Å². The first-order valence-corrected chi connectivity index (χ1v) is 8.14. The molecular weight excluding hydrogens is 411 g/mol. The van der Waals surface area contributed by atoms with Crippen molar-refractivity contribution in [1.29, 1.82) is 0 Å². The minimum Gasteiger partial charge on any atom is -0.493 e. The highest BCUT2D eigenvalue weighted by molar-refractivity contribution is 14.1. The third-order valence-corrected chi connectivity index (χ3v) is 4.55. The molecule has 6 heteroatoms. The quantitative estimate of drug-likeness (QED) is 0.499. The Morgan fingerprint density at radius 1 is 1.09 bits per heavy atom. The summed E-state index contributed by atoms with van der Waals surface area (Å²) in [5.74, 6) is 2.99. The van der Waals surface area contributed by atoms with Gasteiger partial charge in [0.1, 0.15) is 11.5 Å². The molecule has 0 amide bonds. The normalized spacial score (nSPS) is 10.7. The lowest BCUT2D eigenvalue weighted by Crippen LogP contribution is -1.95. The third kappa shape index (κ3) is 3.17. The van der Waals surface area contributed by atoms with Crippen LogP contribution in [-0.2, 0) is 0 Å². The van der Waals surface area contributed by atoms with E-state index in [2.05, 4.69) is 22.6 Å². The maximum Gasteiger partial charge on any atom is 0.203 e. The Morgan fingerprint density at radius 2 is 1.65 bits per heavy atom. The Labute approximate surface area is 149 Å². The number of carbonyl (C=O) groups is 1. The second-order valence-electron chi connectivity index (χ2n) is 5.21. The smallest absolute Gasteiger partial charge is 0.203 e. The fraction of sp³-hybridized carbons (Fsp3) is 0.353. The standard InChI is InChI=1S/C17H19IO5/c1-9(2)15-11(8-19)14(18)16(23-15)10-6-12(20-3)17(22-5)13(7-10)21-4/h6-9H,1-5H3. The molecule has 0 bridgehead atoms. The number of halogens is 1. The molecule has 124 valence electrons. The van der Waals surface area contributed by atoms with E-state index in [0.717, 1.165) is 15.4 Å². The molecule has 0 atom stereocenters. The van der Waals surface area contributed by atoms with Gasteiger partial charge in [-0.1, -0.05) is 13.8 Å². The van der Waals surface area contributed by atoms with Crippen LogP contribution in [0, 0.1) is 3.57 Å². The van der Waals surface area contributed by atoms with Crippen LogP contribution in [0.25, 0.3) is 11.3 Å². The van der Waals surface area contributed by atoms with Crippen molar-refractivity contribution in [2.45, 2.75) is 19.8 Å². The molecule has 0 saturated heterocycles. The number of aldehydes is 1. The molecule has 23 heavy (non-hydrogen) atoms. The van der Waals surface area contributed by atoms with E-state index in [9.17, 15) is 4.79 Å². The molecule has 1 heterocycles. The second kappa shape index (κ2) is 7.25. The zero-order chi connectivity index (χ0) is 17.1. The first-order chi connectivity index (χ1) is 11.0. The molecule has 5 nitrogen and oxygen atoms in total. The van der Waals surface area contributed by atoms with Gasteiger partial charge in [0.25, 0.3) is 0 Å². The van der Waals surface area contributed by atoms with Crippen LogP contribution in [0.3, 0.4) is 0 Å². The Morgan fingerprint density at radius 3 is 2.00 bits per heavy atom. The Bertz CT molecular complexity index is 693. The van der Waals surface area contributed by atoms with Gasteiger partial charge in [0.2, 0.25) is 5.75 Å². The number of methoxy groups -OCH3 is 3. The van der Waals surface area contributed by atoms with Crippen molar-refractivity contribution in [2.75, 3.05) is 21.3 Å². The zero-order valence-electron chi connectivity index (χ0n) is 13.7. The highest BCUT2D eigenvalue weighted by Gasteiger charge is 2.23. The van der Waals surface area contributed by atoms with E-state index in [4.69, 9.17) is 18.6 Å². The first kappa shape index (κ1) is 17.7. The molecule has 0 fully saturated rings. The van der Waals surface area contributed by atoms with Gasteiger partial charge in [-0.05, 0) is 34.7 Å². The number of benzene rings is 1. The third-order valence-electron chi connectivity index (χ3n) is 3.48. The maximum atomic E-state index is 11.4. The lowest BCUT2D eigenvalue weighted by Gasteiger charge is -2.13. The molecule has 0 spiro atoms. The van der Waals surface area contributed by atoms with E-state index in [-0.39, 0.29) is 5.92 Å². The van der Waals surface area contributed by atoms with Gasteiger partial charge in [0.15, 0.2) is 17.8 Å². The van der Waals surface area contributed by atoms with Gasteiger partial charge in [0.05, 0.1) is 30.5 Å². The van der Waals surface area contributed by atoms with Crippen LogP contribution in [-0.4, -0.2) is 27.6 Å². The molecular formula is C17H19IO5. The van der Waals surface area contributed by atoms with Gasteiger partial charge in [-0.3, -0.25) is 4.79 Å². The summed E-state index contributed by atoms with van der Waals surface area (Å²) >= 11 is 2.13. The number of carbonyl (C=O) groups excluding carboxylic acids is 1. The van der Waals surface area contributed by atoms with Gasteiger partial charge >= 0.3 is 0 Å². The lowest BCUT2D eigenvalue weighted by atomic mass is 10.1. The minimum atomic E-state index is 0.111. The summed E-state index contributed by atoms with van der Waals surface area (Å²) in [6, 6.07) is 3.61. The molecule has 1 aromatic heterocycles. The number of furan rings is 1. The number of hydrogen-bond donors (Lipinski definition) is 0. The van der Waals surface area contributed by atoms with Crippen molar-refractivity contribution in [3.05, 3.63) is 27.0 Å². The maximum absolute atomic E-state index is 11.4. The lowest BCUT2D eigenvalue weighted by molar-refractivity contribution is 0.112. The van der Waals surface area contributed by atoms with Gasteiger partial charge in [-0.25, -0.2) is 0 Å². The second-order valence-corrected chi connectivity index (χ2v) is 6.29. The van der Waals surface area contributed by atoms with Crippen molar-refractivity contribution in [3.8, 4) is 28.6 Å². The predicted octanol–water partition coefficient (Wildman–Crippen LogP) is 4.51. The number of rotatable bonds is 6. The van der Waals surface area contributed by atoms with Crippen molar-refractivity contribution in [2.24, 2.45) is 0 Å². The minimum absolute atomic E-state index is 0.111. The highest BCUT2D eigenvalue weighted by Crippen LogP contribution is 2.43. The van der Waals surface area contributed by atoms with Gasteiger partial charge in [-0.15, -0.1) is 0 Å². The molecule has 2 rings (SSSR count). The monoisotopic (exact) mass is 430 g/mol. The van der Waals surface area contributed by atoms with E-state index < -0.39 is 0 Å². The van der Waals surface area contributed by atoms with Crippen LogP contribution in [0.4, 0.5) is 0 Å². The van der Waals surface area contributed by atoms with E-state index in [1.54, 1.807) is 33.5 Å². The largest absolute Gasteiger partial charge is 0.493 e. The van der Waals surface area contributed by atoms with E-state index in [1.165, 1.54) is 0 Å². The van der Waals surface area contributed by atoms with Crippen molar-refractivity contribution in [3.63, 3.8) is 0 Å². The van der Waals surface area contributed by atoms with Gasteiger partial charge in [0, 0.05) is 11.5 Å². The van der Waals surface area contributed by atoms with Crippen LogP contribution in [0.5, 0.6) is 17.2 Å². The van der Waals surface area contributed by atoms with Crippen molar-refractivity contribution < 1.29 is 23.4 Å². The fourth-order valence-electron chi connectivity index (χ4n) is 2.38. The van der Waals surface area contributed by atoms with E-state index >= 15 is 0 Å². The molecule has 2 aromatic rings. The molecule has 0 saturated carbocycles. The highest BCUT2D eigenvalue weighted by atomic mass is 127. The van der Waals surface area contributed by atoms with Crippen LogP contribution in [0.2, 0.25) is 0 Å². The molecule has 0 unspecified atom stereocenters. The summed E-state index contributed by atoms with van der Waals surface area (Å²) < 4.78 is 22.8. The van der Waals surface area contributed by atoms with Crippen molar-refractivity contribution >= 4 is 28.9 Å². The number of ether oxygens (including phenoxy) is 3. The number of hydrogen-bond acceptors (Lipinski definition) is 5. The summed E-state index contributed by atoms with van der Waals surface area (Å²) in [7, 11) is 4.67. The van der Waals surface area contributed by atoms with E-state index in [0.29, 0.717) is 34.3 Å². The Kier molecular flexibility index (Phi) is 5.56. The van der Waals surface area contributed by atoms with Crippen LogP contribution in [0.1, 0.15) is 35.9 Å². The molecule has 0 radical (unpaired) electrons. The summed E-state index contributed by atoms with van der Waals surface area (Å²) in [6.45, 7) is 3.97. The van der Waals surface area contributed by atoms with Gasteiger partial charge < -0.3 is 18.6 Å². The average Bonchev–Trinajstić information content (AvgIpc) is 2.90. The molecule has 0 N–H and O–H groups in total. The predicted molar refractivity (Wildman–Crippen MR) is 96.0 cm³/mol. The summed E-state index contributed by atoms with van der Waals surface area (Å²) in [5, 5.41) is 0. The Hall–Kier alpha value is -1.70. The van der Waals surface area contributed by atoms with Gasteiger partial charge in [-0.2, -0.15) is 0 Å². The van der Waals surface area contributed by atoms with E-state index in [1.807, 2.05) is 13.8 Å². The first-order valence-electron chi connectivity index (χ1n) is 7.06. The molecule has 0 aliphatic carbocycles. The van der Waals surface area contributed by atoms with Crippen LogP contribution >= 0.6 is 22.6 Å². The Balaban J connectivity index is 2.70. The SMILES string of the molecule is COc1cc(-c2oc(C(C)C)c(C=O)c2I)cc(OC)c1OC. The molecule has 0 aliphatic rings. The van der Waals surface area contributed by atoms with Crippen molar-refractivity contribution in [1.82, 2.24) is 0 Å². The average molecular weight is 430 g/mol. The van der Waals surface area contributed by atoms with Crippen LogP contribution < -0.4 is 14.2 Å². The molecule has 1 aromatic carbocycles. The fourth-order valence-corrected chi connectivity index (χ4v) is 3.19. The summed E-state index contributed by atoms with van der Waals surface area (Å²) in [5.41, 5.74) is 1.35. The molecule has 0 aliphatic heterocycles. The summed E-state index contributed by atoms with van der Waals surface area (Å²) in [6.07, 6.45) is 0.835. The zero-order valence-corrected chi connectivity index (χ0v) is 15.9. The van der Waals surface area contributed by atoms with Crippen LogP contribution in [0.15, 0.2) is 16.5 Å².